The first kappa shape index (κ1) is 16.0. The van der Waals surface area contributed by atoms with Crippen LogP contribution in [0.15, 0.2) is 30.6 Å². The average Bonchev–Trinajstić information content (AvgIpc) is 2.86. The van der Waals surface area contributed by atoms with Crippen LogP contribution in [-0.2, 0) is 18.4 Å². The number of imidazole rings is 1. The number of carboxylic acids is 1. The molecule has 2 rings (SSSR count). The molecule has 0 saturated heterocycles. The van der Waals surface area contributed by atoms with Crippen molar-refractivity contribution in [2.24, 2.45) is 7.05 Å². The fraction of sp³-hybridized carbons (Fsp3) is 0.375. The van der Waals surface area contributed by atoms with E-state index in [0.717, 1.165) is 22.7 Å². The third kappa shape index (κ3) is 3.28. The topological polar surface area (TPSA) is 67.6 Å². The van der Waals surface area contributed by atoms with Gasteiger partial charge in [0.05, 0.1) is 13.7 Å². The van der Waals surface area contributed by atoms with E-state index in [2.05, 4.69) is 4.98 Å². The molecule has 0 radical (unpaired) electrons. The molecule has 0 aliphatic carbocycles. The molecule has 0 saturated carbocycles. The zero-order valence-electron chi connectivity index (χ0n) is 13.3. The van der Waals surface area contributed by atoms with E-state index in [-0.39, 0.29) is 0 Å². The van der Waals surface area contributed by atoms with E-state index < -0.39 is 12.0 Å². The normalized spacial score (nSPS) is 12.4. The summed E-state index contributed by atoms with van der Waals surface area (Å²) in [7, 11) is 5.28. The molecule has 1 atom stereocenters. The van der Waals surface area contributed by atoms with Crippen molar-refractivity contribution in [3.8, 4) is 5.75 Å². The quantitative estimate of drug-likeness (QED) is 0.884. The molecule has 118 valence electrons. The molecule has 6 nitrogen and oxygen atoms in total. The Hall–Kier alpha value is -2.34. The van der Waals surface area contributed by atoms with E-state index in [4.69, 9.17) is 4.74 Å². The first-order valence-corrected chi connectivity index (χ1v) is 6.97. The standard InChI is InChI=1S/C16H21N3O3/c1-11-9-12(22-4)5-6-13(11)15(16(20)21)19(3)10-14-17-7-8-18(14)2/h5-9,15H,10H2,1-4H3,(H,20,21)/t15-/m0/s1. The number of hydrogen-bond donors (Lipinski definition) is 1. The van der Waals surface area contributed by atoms with E-state index in [0.29, 0.717) is 6.54 Å². The van der Waals surface area contributed by atoms with Crippen LogP contribution in [0, 0.1) is 6.92 Å². The van der Waals surface area contributed by atoms with Crippen molar-refractivity contribution in [3.05, 3.63) is 47.5 Å². The summed E-state index contributed by atoms with van der Waals surface area (Å²) in [6.45, 7) is 2.34. The maximum atomic E-state index is 11.8. The second kappa shape index (κ2) is 6.62. The highest BCUT2D eigenvalue weighted by molar-refractivity contribution is 5.76. The molecule has 0 fully saturated rings. The SMILES string of the molecule is COc1ccc([C@@H](C(=O)O)N(C)Cc2nccn2C)c(C)c1. The zero-order chi connectivity index (χ0) is 16.3. The number of aliphatic carboxylic acids is 1. The molecular formula is C16H21N3O3. The van der Waals surface area contributed by atoms with Crippen LogP contribution in [0.5, 0.6) is 5.75 Å². The number of likely N-dealkylation sites (N-methyl/N-ethyl adjacent to an activating group) is 1. The fourth-order valence-electron chi connectivity index (χ4n) is 2.50. The number of nitrogens with zero attached hydrogens (tertiary/aromatic N) is 3. The van der Waals surface area contributed by atoms with Gasteiger partial charge in [0.1, 0.15) is 17.6 Å². The third-order valence-electron chi connectivity index (χ3n) is 3.76. The van der Waals surface area contributed by atoms with Gasteiger partial charge in [-0.25, -0.2) is 4.98 Å². The van der Waals surface area contributed by atoms with Crippen molar-refractivity contribution in [1.82, 2.24) is 14.5 Å². The molecule has 0 amide bonds. The summed E-state index contributed by atoms with van der Waals surface area (Å²) in [6.07, 6.45) is 3.55. The lowest BCUT2D eigenvalue weighted by atomic mass is 10.00. The zero-order valence-corrected chi connectivity index (χ0v) is 13.3. The molecular weight excluding hydrogens is 282 g/mol. The molecule has 6 heteroatoms. The van der Waals surface area contributed by atoms with Gasteiger partial charge < -0.3 is 14.4 Å². The van der Waals surface area contributed by atoms with Gasteiger partial charge >= 0.3 is 5.97 Å². The average molecular weight is 303 g/mol. The highest BCUT2D eigenvalue weighted by atomic mass is 16.5. The van der Waals surface area contributed by atoms with Crippen molar-refractivity contribution >= 4 is 5.97 Å². The number of rotatable bonds is 6. The van der Waals surface area contributed by atoms with Gasteiger partial charge in [-0.3, -0.25) is 9.69 Å². The molecule has 0 aliphatic heterocycles. The molecule has 0 bridgehead atoms. The maximum Gasteiger partial charge on any atom is 0.325 e. The molecule has 0 spiro atoms. The molecule has 22 heavy (non-hydrogen) atoms. The van der Waals surface area contributed by atoms with Gasteiger partial charge in [-0.05, 0) is 37.2 Å². The van der Waals surface area contributed by atoms with Crippen molar-refractivity contribution in [2.75, 3.05) is 14.2 Å². The van der Waals surface area contributed by atoms with Gasteiger partial charge in [-0.2, -0.15) is 0 Å². The summed E-state index contributed by atoms with van der Waals surface area (Å²) in [4.78, 5) is 17.8. The number of carbonyl (C=O) groups is 1. The Bertz CT molecular complexity index is 666. The lowest BCUT2D eigenvalue weighted by molar-refractivity contribution is -0.143. The monoisotopic (exact) mass is 303 g/mol. The van der Waals surface area contributed by atoms with E-state index in [1.807, 2.05) is 36.9 Å². The predicted octanol–water partition coefficient (Wildman–Crippen LogP) is 1.99. The van der Waals surface area contributed by atoms with Crippen molar-refractivity contribution in [3.63, 3.8) is 0 Å². The summed E-state index contributed by atoms with van der Waals surface area (Å²) in [5.74, 6) is 0.655. The van der Waals surface area contributed by atoms with Gasteiger partial charge in [0.2, 0.25) is 0 Å². The summed E-state index contributed by atoms with van der Waals surface area (Å²) >= 11 is 0. The summed E-state index contributed by atoms with van der Waals surface area (Å²) in [5.41, 5.74) is 1.64. The van der Waals surface area contributed by atoms with Gasteiger partial charge in [0.15, 0.2) is 0 Å². The highest BCUT2D eigenvalue weighted by Crippen LogP contribution is 2.27. The van der Waals surface area contributed by atoms with Crippen LogP contribution in [0.4, 0.5) is 0 Å². The third-order valence-corrected chi connectivity index (χ3v) is 3.76. The number of aryl methyl sites for hydroxylation is 2. The first-order valence-electron chi connectivity index (χ1n) is 6.97. The van der Waals surface area contributed by atoms with Crippen LogP contribution in [0.2, 0.25) is 0 Å². The van der Waals surface area contributed by atoms with Crippen LogP contribution in [-0.4, -0.2) is 39.7 Å². The molecule has 2 aromatic rings. The number of aromatic nitrogens is 2. The molecule has 1 aromatic heterocycles. The van der Waals surface area contributed by atoms with Gasteiger partial charge in [0, 0.05) is 19.4 Å². The van der Waals surface area contributed by atoms with Gasteiger partial charge in [0.25, 0.3) is 0 Å². The fourth-order valence-corrected chi connectivity index (χ4v) is 2.50. The van der Waals surface area contributed by atoms with Gasteiger partial charge in [-0.1, -0.05) is 6.07 Å². The van der Waals surface area contributed by atoms with Gasteiger partial charge in [-0.15, -0.1) is 0 Å². The minimum atomic E-state index is -0.884. The lowest BCUT2D eigenvalue weighted by Gasteiger charge is -2.26. The Labute approximate surface area is 130 Å². The van der Waals surface area contributed by atoms with Crippen LogP contribution >= 0.6 is 0 Å². The smallest absolute Gasteiger partial charge is 0.325 e. The molecule has 1 heterocycles. The lowest BCUT2D eigenvalue weighted by Crippen LogP contribution is -2.31. The maximum absolute atomic E-state index is 11.8. The highest BCUT2D eigenvalue weighted by Gasteiger charge is 2.27. The number of methoxy groups -OCH3 is 1. The summed E-state index contributed by atoms with van der Waals surface area (Å²) in [5, 5.41) is 9.65. The minimum Gasteiger partial charge on any atom is -0.497 e. The molecule has 0 unspecified atom stereocenters. The minimum absolute atomic E-state index is 0.450. The summed E-state index contributed by atoms with van der Waals surface area (Å²) in [6, 6.07) is 4.71. The van der Waals surface area contributed by atoms with Crippen LogP contribution in [0.3, 0.4) is 0 Å². The Balaban J connectivity index is 2.30. The Kier molecular flexibility index (Phi) is 4.82. The summed E-state index contributed by atoms with van der Waals surface area (Å²) < 4.78 is 7.06. The second-order valence-corrected chi connectivity index (χ2v) is 5.33. The van der Waals surface area contributed by atoms with E-state index >= 15 is 0 Å². The molecule has 1 N–H and O–H groups in total. The number of ether oxygens (including phenoxy) is 1. The number of carboxylic acid groups (broad SMARTS) is 1. The van der Waals surface area contributed by atoms with Crippen molar-refractivity contribution < 1.29 is 14.6 Å². The van der Waals surface area contributed by atoms with Crippen LogP contribution in [0.1, 0.15) is 23.0 Å². The Morgan fingerprint density at radius 3 is 2.73 bits per heavy atom. The molecule has 0 aliphatic rings. The van der Waals surface area contributed by atoms with E-state index in [9.17, 15) is 9.90 Å². The number of benzene rings is 1. The van der Waals surface area contributed by atoms with Crippen molar-refractivity contribution in [1.29, 1.82) is 0 Å². The van der Waals surface area contributed by atoms with Crippen LogP contribution < -0.4 is 4.74 Å². The second-order valence-electron chi connectivity index (χ2n) is 5.33. The van der Waals surface area contributed by atoms with E-state index in [1.54, 1.807) is 31.3 Å². The van der Waals surface area contributed by atoms with E-state index in [1.165, 1.54) is 0 Å². The Morgan fingerprint density at radius 1 is 1.50 bits per heavy atom. The number of hydrogen-bond acceptors (Lipinski definition) is 4. The van der Waals surface area contributed by atoms with Crippen molar-refractivity contribution in [2.45, 2.75) is 19.5 Å². The Morgan fingerprint density at radius 2 is 2.23 bits per heavy atom. The largest absolute Gasteiger partial charge is 0.497 e. The molecule has 1 aromatic carbocycles. The predicted molar refractivity (Wildman–Crippen MR) is 82.8 cm³/mol. The van der Waals surface area contributed by atoms with Crippen LogP contribution in [0.25, 0.3) is 0 Å². The first-order chi connectivity index (χ1) is 10.4.